The standard InChI is InChI=1S/C49H34N2/c1-49(2)43-24-12-23-41(47(43)42-28-33-16-6-7-17-34(33)29-44(42)49)46-30-45(50-48(51-46)32-14-4-3-5-15-32)36-19-10-18-35(27-36)38-21-11-22-39-37-20-9-8-13-31(37)25-26-40(38)39/h3-30H,1-2H3. The van der Waals surface area contributed by atoms with Crippen LogP contribution >= 0.6 is 0 Å². The van der Waals surface area contributed by atoms with Crippen molar-refractivity contribution in [1.82, 2.24) is 9.97 Å². The SMILES string of the molecule is CC1(C)c2cc3ccccc3cc2-c2c(-c3cc(-c4cccc(-c5cccc6c5ccc5ccccc56)c4)nc(-c4ccccc4)n3)cccc21. The highest BCUT2D eigenvalue weighted by Crippen LogP contribution is 2.53. The summed E-state index contributed by atoms with van der Waals surface area (Å²) in [5.41, 5.74) is 12.5. The lowest BCUT2D eigenvalue weighted by molar-refractivity contribution is 0.661. The van der Waals surface area contributed by atoms with Gasteiger partial charge >= 0.3 is 0 Å². The molecule has 0 bridgehead atoms. The van der Waals surface area contributed by atoms with Gasteiger partial charge in [-0.2, -0.15) is 0 Å². The Morgan fingerprint density at radius 3 is 1.88 bits per heavy atom. The minimum atomic E-state index is -0.138. The van der Waals surface area contributed by atoms with E-state index in [0.717, 1.165) is 39.5 Å². The fourth-order valence-electron chi connectivity index (χ4n) is 8.27. The average molecular weight is 651 g/mol. The van der Waals surface area contributed by atoms with Gasteiger partial charge in [0.2, 0.25) is 0 Å². The van der Waals surface area contributed by atoms with E-state index in [1.165, 1.54) is 60.1 Å². The van der Waals surface area contributed by atoms with Crippen LogP contribution in [-0.2, 0) is 5.41 Å². The quantitative estimate of drug-likeness (QED) is 0.177. The predicted octanol–water partition coefficient (Wildman–Crippen LogP) is 12.9. The summed E-state index contributed by atoms with van der Waals surface area (Å²) < 4.78 is 0. The molecule has 9 aromatic rings. The third-order valence-corrected chi connectivity index (χ3v) is 10.9. The second kappa shape index (κ2) is 11.3. The first-order valence-corrected chi connectivity index (χ1v) is 17.7. The van der Waals surface area contributed by atoms with Gasteiger partial charge in [0.15, 0.2) is 5.82 Å². The van der Waals surface area contributed by atoms with Crippen molar-refractivity contribution in [2.24, 2.45) is 0 Å². The Hall–Kier alpha value is -6.38. The molecule has 240 valence electrons. The van der Waals surface area contributed by atoms with Crippen LogP contribution in [0.1, 0.15) is 25.0 Å². The number of aromatic nitrogens is 2. The zero-order valence-corrected chi connectivity index (χ0v) is 28.6. The van der Waals surface area contributed by atoms with Crippen LogP contribution in [0.15, 0.2) is 170 Å². The lowest BCUT2D eigenvalue weighted by Crippen LogP contribution is -2.14. The van der Waals surface area contributed by atoms with Crippen LogP contribution in [0.3, 0.4) is 0 Å². The van der Waals surface area contributed by atoms with Crippen molar-refractivity contribution in [3.8, 4) is 56.2 Å². The van der Waals surface area contributed by atoms with Gasteiger partial charge in [-0.25, -0.2) is 9.97 Å². The zero-order valence-electron chi connectivity index (χ0n) is 28.6. The Morgan fingerprint density at radius 2 is 1.02 bits per heavy atom. The van der Waals surface area contributed by atoms with E-state index in [4.69, 9.17) is 9.97 Å². The summed E-state index contributed by atoms with van der Waals surface area (Å²) >= 11 is 0. The van der Waals surface area contributed by atoms with Crippen molar-refractivity contribution in [3.63, 3.8) is 0 Å². The third-order valence-electron chi connectivity index (χ3n) is 10.9. The van der Waals surface area contributed by atoms with Crippen LogP contribution in [0.4, 0.5) is 0 Å². The molecule has 0 amide bonds. The molecule has 0 saturated heterocycles. The molecule has 1 aromatic heterocycles. The number of benzene rings is 8. The van der Waals surface area contributed by atoms with Gasteiger partial charge in [0, 0.05) is 22.1 Å². The van der Waals surface area contributed by atoms with Crippen molar-refractivity contribution in [2.75, 3.05) is 0 Å². The van der Waals surface area contributed by atoms with Gasteiger partial charge in [0.25, 0.3) is 0 Å². The molecule has 0 atom stereocenters. The Morgan fingerprint density at radius 1 is 0.373 bits per heavy atom. The fourth-order valence-corrected chi connectivity index (χ4v) is 8.27. The molecule has 1 aliphatic rings. The first-order valence-electron chi connectivity index (χ1n) is 17.7. The molecule has 8 aromatic carbocycles. The van der Waals surface area contributed by atoms with Crippen LogP contribution in [0, 0.1) is 0 Å². The van der Waals surface area contributed by atoms with Gasteiger partial charge in [-0.05, 0) is 90.0 Å². The second-order valence-electron chi connectivity index (χ2n) is 14.2. The monoisotopic (exact) mass is 650 g/mol. The second-order valence-corrected chi connectivity index (χ2v) is 14.2. The zero-order chi connectivity index (χ0) is 34.1. The van der Waals surface area contributed by atoms with Crippen molar-refractivity contribution in [2.45, 2.75) is 19.3 Å². The molecule has 0 aliphatic heterocycles. The van der Waals surface area contributed by atoms with E-state index in [0.29, 0.717) is 0 Å². The molecule has 2 heteroatoms. The van der Waals surface area contributed by atoms with Gasteiger partial charge in [0.05, 0.1) is 11.4 Å². The fraction of sp³-hybridized carbons (Fsp3) is 0.0612. The van der Waals surface area contributed by atoms with E-state index >= 15 is 0 Å². The largest absolute Gasteiger partial charge is 0.228 e. The Labute approximate surface area is 297 Å². The molecule has 10 rings (SSSR count). The maximum atomic E-state index is 5.30. The number of hydrogen-bond acceptors (Lipinski definition) is 2. The van der Waals surface area contributed by atoms with Crippen molar-refractivity contribution >= 4 is 32.3 Å². The normalized spacial score (nSPS) is 13.1. The maximum Gasteiger partial charge on any atom is 0.160 e. The lowest BCUT2D eigenvalue weighted by Gasteiger charge is -2.22. The van der Waals surface area contributed by atoms with Gasteiger partial charge in [0.1, 0.15) is 0 Å². The molecule has 0 fully saturated rings. The summed E-state index contributed by atoms with van der Waals surface area (Å²) in [6.45, 7) is 4.69. The smallest absolute Gasteiger partial charge is 0.160 e. The molecule has 0 spiro atoms. The van der Waals surface area contributed by atoms with E-state index in [1.54, 1.807) is 0 Å². The number of hydrogen-bond donors (Lipinski definition) is 0. The molecule has 51 heavy (non-hydrogen) atoms. The Kier molecular flexibility index (Phi) is 6.56. The van der Waals surface area contributed by atoms with Crippen LogP contribution in [0.2, 0.25) is 0 Å². The van der Waals surface area contributed by atoms with Crippen LogP contribution < -0.4 is 0 Å². The molecule has 0 unspecified atom stereocenters. The summed E-state index contributed by atoms with van der Waals surface area (Å²) in [7, 11) is 0. The van der Waals surface area contributed by atoms with Crippen LogP contribution in [0.25, 0.3) is 88.5 Å². The number of nitrogens with zero attached hydrogens (tertiary/aromatic N) is 2. The van der Waals surface area contributed by atoms with Crippen molar-refractivity contribution in [1.29, 1.82) is 0 Å². The van der Waals surface area contributed by atoms with E-state index < -0.39 is 0 Å². The Bertz CT molecular complexity index is 2830. The van der Waals surface area contributed by atoms with Crippen LogP contribution in [-0.4, -0.2) is 9.97 Å². The highest BCUT2D eigenvalue weighted by atomic mass is 14.9. The van der Waals surface area contributed by atoms with E-state index in [-0.39, 0.29) is 5.41 Å². The first kappa shape index (κ1) is 29.5. The van der Waals surface area contributed by atoms with Gasteiger partial charge in [-0.15, -0.1) is 0 Å². The molecule has 0 N–H and O–H groups in total. The first-order chi connectivity index (χ1) is 25.0. The van der Waals surface area contributed by atoms with Crippen molar-refractivity contribution in [3.05, 3.63) is 181 Å². The summed E-state index contributed by atoms with van der Waals surface area (Å²) in [6, 6.07) is 61.2. The lowest BCUT2D eigenvalue weighted by atomic mass is 9.81. The van der Waals surface area contributed by atoms with E-state index in [9.17, 15) is 0 Å². The summed E-state index contributed by atoms with van der Waals surface area (Å²) in [6.07, 6.45) is 0. The van der Waals surface area contributed by atoms with E-state index in [2.05, 4.69) is 178 Å². The topological polar surface area (TPSA) is 25.8 Å². The van der Waals surface area contributed by atoms with Crippen LogP contribution in [0.5, 0.6) is 0 Å². The summed E-state index contributed by atoms with van der Waals surface area (Å²) in [5, 5.41) is 7.56. The minimum Gasteiger partial charge on any atom is -0.228 e. The van der Waals surface area contributed by atoms with E-state index in [1.807, 2.05) is 6.07 Å². The minimum absolute atomic E-state index is 0.138. The summed E-state index contributed by atoms with van der Waals surface area (Å²) in [5.74, 6) is 0.721. The molecular formula is C49H34N2. The third kappa shape index (κ3) is 4.71. The average Bonchev–Trinajstić information content (AvgIpc) is 3.42. The molecule has 1 heterocycles. The molecule has 1 aliphatic carbocycles. The molecule has 2 nitrogen and oxygen atoms in total. The highest BCUT2D eigenvalue weighted by molar-refractivity contribution is 6.12. The Balaban J connectivity index is 1.17. The van der Waals surface area contributed by atoms with Gasteiger partial charge in [-0.1, -0.05) is 159 Å². The number of fused-ring (bicyclic) bond motifs is 7. The molecule has 0 radical (unpaired) electrons. The molecule has 0 saturated carbocycles. The van der Waals surface area contributed by atoms with Crippen molar-refractivity contribution < 1.29 is 0 Å². The van der Waals surface area contributed by atoms with Gasteiger partial charge < -0.3 is 0 Å². The number of rotatable bonds is 4. The highest BCUT2D eigenvalue weighted by Gasteiger charge is 2.37. The summed E-state index contributed by atoms with van der Waals surface area (Å²) in [4.78, 5) is 10.5. The predicted molar refractivity (Wildman–Crippen MR) is 214 cm³/mol. The molecular weight excluding hydrogens is 617 g/mol. The maximum absolute atomic E-state index is 5.30. The van der Waals surface area contributed by atoms with Gasteiger partial charge in [-0.3, -0.25) is 0 Å².